The molecular weight excluding hydrogens is 314 g/mol. The number of hydrogen-bond donors (Lipinski definition) is 3. The lowest BCUT2D eigenvalue weighted by Crippen LogP contribution is -2.41. The number of rotatable bonds is 8. The summed E-state index contributed by atoms with van der Waals surface area (Å²) >= 11 is 0.794. The first-order valence-electron chi connectivity index (χ1n) is 6.66. The van der Waals surface area contributed by atoms with E-state index < -0.39 is 10.0 Å². The molecule has 120 valence electrons. The maximum absolute atomic E-state index is 12.1. The Bertz CT molecular complexity index is 568. The molecule has 1 amide bonds. The zero-order chi connectivity index (χ0) is 16.0. The van der Waals surface area contributed by atoms with Gasteiger partial charge in [0.2, 0.25) is 15.4 Å². The van der Waals surface area contributed by atoms with E-state index in [0.717, 1.165) is 24.2 Å². The van der Waals surface area contributed by atoms with Gasteiger partial charge in [-0.25, -0.2) is 13.1 Å². The van der Waals surface area contributed by atoms with Crippen molar-refractivity contribution in [2.45, 2.75) is 44.0 Å². The summed E-state index contributed by atoms with van der Waals surface area (Å²) in [5, 5.41) is 9.70. The topological polar surface area (TPSA) is 127 Å². The quantitative estimate of drug-likeness (QED) is 0.595. The van der Waals surface area contributed by atoms with Gasteiger partial charge in [-0.1, -0.05) is 38.0 Å². The van der Waals surface area contributed by atoms with E-state index in [1.54, 1.807) is 0 Å². The van der Waals surface area contributed by atoms with Crippen LogP contribution < -0.4 is 15.8 Å². The van der Waals surface area contributed by atoms with Crippen molar-refractivity contribution in [3.05, 3.63) is 0 Å². The number of nitrogens with two attached hydrogens (primary N) is 1. The van der Waals surface area contributed by atoms with Crippen LogP contribution in [0.2, 0.25) is 0 Å². The van der Waals surface area contributed by atoms with E-state index in [2.05, 4.69) is 20.2 Å². The highest BCUT2D eigenvalue weighted by atomic mass is 32.2. The minimum atomic E-state index is -3.76. The minimum absolute atomic E-state index is 0.143. The molecule has 4 N–H and O–H groups in total. The zero-order valence-corrected chi connectivity index (χ0v) is 13.9. The molecule has 1 unspecified atom stereocenters. The van der Waals surface area contributed by atoms with Crippen molar-refractivity contribution < 1.29 is 13.2 Å². The summed E-state index contributed by atoms with van der Waals surface area (Å²) in [4.78, 5) is 10.9. The van der Waals surface area contributed by atoms with E-state index in [1.807, 2.05) is 13.8 Å². The second kappa shape index (κ2) is 7.78. The number of nitrogens with zero attached hydrogens (tertiary/aromatic N) is 2. The highest BCUT2D eigenvalue weighted by Gasteiger charge is 2.23. The Hall–Kier alpha value is -1.10. The molecule has 1 rings (SSSR count). The predicted octanol–water partition coefficient (Wildman–Crippen LogP) is 0.538. The van der Waals surface area contributed by atoms with Crippen LogP contribution in [-0.2, 0) is 14.8 Å². The van der Waals surface area contributed by atoms with Crippen molar-refractivity contribution in [1.29, 1.82) is 0 Å². The van der Waals surface area contributed by atoms with Gasteiger partial charge < -0.3 is 11.1 Å². The third-order valence-corrected chi connectivity index (χ3v) is 5.71. The van der Waals surface area contributed by atoms with E-state index in [4.69, 9.17) is 5.73 Å². The first-order chi connectivity index (χ1) is 9.80. The van der Waals surface area contributed by atoms with Crippen LogP contribution in [0.1, 0.15) is 33.6 Å². The monoisotopic (exact) mass is 335 g/mol. The third-order valence-electron chi connectivity index (χ3n) is 3.08. The number of carbonyl (C=O) groups is 1. The summed E-state index contributed by atoms with van der Waals surface area (Å²) < 4.78 is 26.4. The Morgan fingerprint density at radius 2 is 1.95 bits per heavy atom. The normalized spacial score (nSPS) is 13.4. The molecule has 1 atom stereocenters. The number of carbonyl (C=O) groups excluding carboxylic acids is 1. The molecule has 0 bridgehead atoms. The van der Waals surface area contributed by atoms with Crippen LogP contribution in [0, 0.1) is 5.92 Å². The van der Waals surface area contributed by atoms with Crippen LogP contribution in [0.5, 0.6) is 0 Å². The van der Waals surface area contributed by atoms with Gasteiger partial charge in [0.25, 0.3) is 10.0 Å². The van der Waals surface area contributed by atoms with Crippen LogP contribution >= 0.6 is 11.3 Å². The Kier molecular flexibility index (Phi) is 6.65. The molecule has 0 aromatic carbocycles. The number of nitrogens with one attached hydrogen (secondary N) is 2. The molecule has 1 aromatic rings. The fourth-order valence-corrected chi connectivity index (χ4v) is 3.91. The van der Waals surface area contributed by atoms with Crippen molar-refractivity contribution in [1.82, 2.24) is 14.9 Å². The molecule has 1 aromatic heterocycles. The second-order valence-corrected chi connectivity index (χ2v) is 7.56. The molecular formula is C11H21N5O3S2. The Balaban J connectivity index is 2.69. The minimum Gasteiger partial charge on any atom is -0.326 e. The smallest absolute Gasteiger partial charge is 0.269 e. The molecule has 0 saturated carbocycles. The first-order valence-corrected chi connectivity index (χ1v) is 8.96. The summed E-state index contributed by atoms with van der Waals surface area (Å²) in [7, 11) is -3.76. The lowest BCUT2D eigenvalue weighted by atomic mass is 9.95. The van der Waals surface area contributed by atoms with Gasteiger partial charge in [0.1, 0.15) is 0 Å². The molecule has 0 saturated heterocycles. The van der Waals surface area contributed by atoms with Gasteiger partial charge in [-0.3, -0.25) is 4.79 Å². The van der Waals surface area contributed by atoms with Gasteiger partial charge in [0, 0.05) is 19.5 Å². The van der Waals surface area contributed by atoms with Crippen LogP contribution in [0.15, 0.2) is 4.34 Å². The molecule has 1 heterocycles. The fourth-order valence-electron chi connectivity index (χ4n) is 1.85. The average molecular weight is 335 g/mol. The summed E-state index contributed by atoms with van der Waals surface area (Å²) in [6, 6.07) is -0.252. The highest BCUT2D eigenvalue weighted by Crippen LogP contribution is 2.19. The van der Waals surface area contributed by atoms with E-state index >= 15 is 0 Å². The van der Waals surface area contributed by atoms with Crippen LogP contribution in [0.25, 0.3) is 0 Å². The van der Waals surface area contributed by atoms with Gasteiger partial charge in [0.05, 0.1) is 0 Å². The lowest BCUT2D eigenvalue weighted by Gasteiger charge is -2.20. The van der Waals surface area contributed by atoms with Crippen molar-refractivity contribution in [2.75, 3.05) is 11.9 Å². The van der Waals surface area contributed by atoms with E-state index in [-0.39, 0.29) is 33.9 Å². The number of hydrogen-bond acceptors (Lipinski definition) is 7. The third kappa shape index (κ3) is 5.30. The molecule has 0 aliphatic carbocycles. The van der Waals surface area contributed by atoms with Crippen molar-refractivity contribution in [3.63, 3.8) is 0 Å². The summed E-state index contributed by atoms with van der Waals surface area (Å²) in [6.45, 7) is 5.49. The number of sulfonamides is 1. The zero-order valence-electron chi connectivity index (χ0n) is 12.3. The summed E-state index contributed by atoms with van der Waals surface area (Å²) in [6.07, 6.45) is 1.79. The van der Waals surface area contributed by atoms with Crippen molar-refractivity contribution in [3.8, 4) is 0 Å². The largest absolute Gasteiger partial charge is 0.326 e. The second-order valence-electron chi connectivity index (χ2n) is 4.65. The van der Waals surface area contributed by atoms with Gasteiger partial charge in [-0.15, -0.1) is 10.2 Å². The number of aromatic nitrogens is 2. The maximum Gasteiger partial charge on any atom is 0.269 e. The van der Waals surface area contributed by atoms with Crippen LogP contribution in [0.3, 0.4) is 0 Å². The first kappa shape index (κ1) is 18.0. The van der Waals surface area contributed by atoms with Gasteiger partial charge in [-0.2, -0.15) is 0 Å². The van der Waals surface area contributed by atoms with Gasteiger partial charge in [0.15, 0.2) is 0 Å². The molecule has 0 spiro atoms. The predicted molar refractivity (Wildman–Crippen MR) is 81.4 cm³/mol. The summed E-state index contributed by atoms with van der Waals surface area (Å²) in [5.41, 5.74) is 5.98. The lowest BCUT2D eigenvalue weighted by molar-refractivity contribution is -0.114. The van der Waals surface area contributed by atoms with Gasteiger partial charge in [-0.05, 0) is 5.92 Å². The maximum atomic E-state index is 12.1. The SMILES string of the molecule is CCC(CC)C(N)CNS(=O)(=O)c1nnc(NC(C)=O)s1. The Morgan fingerprint density at radius 3 is 2.48 bits per heavy atom. The molecule has 21 heavy (non-hydrogen) atoms. The number of amides is 1. The van der Waals surface area contributed by atoms with Crippen molar-refractivity contribution >= 4 is 32.4 Å². The molecule has 0 aliphatic heterocycles. The Labute approximate surface area is 128 Å². The molecule has 0 aliphatic rings. The molecule has 10 heteroatoms. The van der Waals surface area contributed by atoms with E-state index in [9.17, 15) is 13.2 Å². The standard InChI is InChI=1S/C11H21N5O3S2/c1-4-8(5-2)9(12)6-13-21(18,19)11-16-15-10(20-11)14-7(3)17/h8-9,13H,4-6,12H2,1-3H3,(H,14,15,17). The molecule has 8 nitrogen and oxygen atoms in total. The van der Waals surface area contributed by atoms with Crippen LogP contribution in [-0.4, -0.2) is 37.1 Å². The van der Waals surface area contributed by atoms with E-state index in [0.29, 0.717) is 0 Å². The Morgan fingerprint density at radius 1 is 1.33 bits per heavy atom. The van der Waals surface area contributed by atoms with E-state index in [1.165, 1.54) is 6.92 Å². The fraction of sp³-hybridized carbons (Fsp3) is 0.727. The van der Waals surface area contributed by atoms with Gasteiger partial charge >= 0.3 is 0 Å². The molecule has 0 fully saturated rings. The average Bonchev–Trinajstić information content (AvgIpc) is 2.86. The summed E-state index contributed by atoms with van der Waals surface area (Å²) in [5.74, 6) is -0.0733. The van der Waals surface area contributed by atoms with Crippen molar-refractivity contribution in [2.24, 2.45) is 11.7 Å². The number of anilines is 1. The molecule has 0 radical (unpaired) electrons. The highest BCUT2D eigenvalue weighted by molar-refractivity contribution is 7.91. The van der Waals surface area contributed by atoms with Crippen LogP contribution in [0.4, 0.5) is 5.13 Å².